The van der Waals surface area contributed by atoms with Crippen LogP contribution in [0.5, 0.6) is 0 Å². The number of hydrogen-bond donors (Lipinski definition) is 1. The van der Waals surface area contributed by atoms with Gasteiger partial charge in [0, 0.05) is 12.0 Å². The summed E-state index contributed by atoms with van der Waals surface area (Å²) >= 11 is 0. The summed E-state index contributed by atoms with van der Waals surface area (Å²) in [5.41, 5.74) is 3.60. The zero-order valence-electron chi connectivity index (χ0n) is 18.4. The van der Waals surface area contributed by atoms with Crippen molar-refractivity contribution in [3.8, 4) is 11.3 Å². The topological polar surface area (TPSA) is 54.9 Å². The summed E-state index contributed by atoms with van der Waals surface area (Å²) < 4.78 is 13.3. The normalized spacial score (nSPS) is 14.3. The molecule has 1 fully saturated rings. The highest BCUT2D eigenvalue weighted by Gasteiger charge is 2.19. The van der Waals surface area contributed by atoms with Crippen LogP contribution in [0.15, 0.2) is 60.8 Å². The van der Waals surface area contributed by atoms with Crippen LogP contribution < -0.4 is 5.32 Å². The number of aryl methyl sites for hydroxylation is 1. The number of amides is 1. The third kappa shape index (κ3) is 6.22. The first-order chi connectivity index (χ1) is 15.7. The summed E-state index contributed by atoms with van der Waals surface area (Å²) in [5.74, 6) is 0.819. The SMILES string of the molecule is O=C(CCCc1ccccc1)Nc1ncc(-c2ccc(F)cc2)nc1CC1CCCCC1. The van der Waals surface area contributed by atoms with E-state index in [0.29, 0.717) is 23.9 Å². The van der Waals surface area contributed by atoms with Gasteiger partial charge < -0.3 is 5.32 Å². The van der Waals surface area contributed by atoms with E-state index in [9.17, 15) is 9.18 Å². The first-order valence-electron chi connectivity index (χ1n) is 11.6. The van der Waals surface area contributed by atoms with Gasteiger partial charge in [-0.2, -0.15) is 0 Å². The third-order valence-electron chi connectivity index (χ3n) is 6.16. The molecule has 0 aliphatic heterocycles. The lowest BCUT2D eigenvalue weighted by atomic mass is 9.86. The fraction of sp³-hybridized carbons (Fsp3) is 0.370. The molecule has 32 heavy (non-hydrogen) atoms. The Morgan fingerprint density at radius 1 is 1.00 bits per heavy atom. The van der Waals surface area contributed by atoms with Crippen molar-refractivity contribution >= 4 is 11.7 Å². The molecular formula is C27H30FN3O. The third-order valence-corrected chi connectivity index (χ3v) is 6.16. The summed E-state index contributed by atoms with van der Waals surface area (Å²) in [6.07, 6.45) is 10.7. The lowest BCUT2D eigenvalue weighted by Crippen LogP contribution is -2.18. The van der Waals surface area contributed by atoms with Crippen molar-refractivity contribution in [3.05, 3.63) is 77.9 Å². The van der Waals surface area contributed by atoms with E-state index in [2.05, 4.69) is 22.4 Å². The molecule has 1 amide bonds. The predicted octanol–water partition coefficient (Wildman–Crippen LogP) is 6.37. The van der Waals surface area contributed by atoms with Gasteiger partial charge in [-0.3, -0.25) is 4.79 Å². The number of carbonyl (C=O) groups is 1. The zero-order valence-corrected chi connectivity index (χ0v) is 18.4. The molecule has 1 aliphatic rings. The molecule has 1 aliphatic carbocycles. The molecule has 1 heterocycles. The van der Waals surface area contributed by atoms with Crippen LogP contribution in [0.3, 0.4) is 0 Å². The Kier molecular flexibility index (Phi) is 7.59. The van der Waals surface area contributed by atoms with E-state index in [4.69, 9.17) is 4.98 Å². The van der Waals surface area contributed by atoms with Crippen molar-refractivity contribution in [2.75, 3.05) is 5.32 Å². The number of nitrogens with zero attached hydrogens (tertiary/aromatic N) is 2. The van der Waals surface area contributed by atoms with Crippen molar-refractivity contribution in [2.45, 2.75) is 57.8 Å². The Morgan fingerprint density at radius 2 is 1.75 bits per heavy atom. The summed E-state index contributed by atoms with van der Waals surface area (Å²) in [5, 5.41) is 3.00. The molecule has 0 bridgehead atoms. The first kappa shape index (κ1) is 22.1. The first-order valence-corrected chi connectivity index (χ1v) is 11.6. The largest absolute Gasteiger partial charge is 0.309 e. The molecule has 0 saturated heterocycles. The highest BCUT2D eigenvalue weighted by molar-refractivity contribution is 5.90. The number of aromatic nitrogens is 2. The van der Waals surface area contributed by atoms with E-state index < -0.39 is 0 Å². The number of anilines is 1. The van der Waals surface area contributed by atoms with Gasteiger partial charge in [0.1, 0.15) is 5.82 Å². The Balaban J connectivity index is 1.46. The van der Waals surface area contributed by atoms with Crippen molar-refractivity contribution in [2.24, 2.45) is 5.92 Å². The number of nitrogens with one attached hydrogen (secondary N) is 1. The van der Waals surface area contributed by atoms with Gasteiger partial charge in [-0.15, -0.1) is 0 Å². The number of halogens is 1. The van der Waals surface area contributed by atoms with Gasteiger partial charge in [-0.25, -0.2) is 14.4 Å². The second kappa shape index (κ2) is 11.0. The molecule has 5 heteroatoms. The average Bonchev–Trinajstić information content (AvgIpc) is 2.82. The maximum Gasteiger partial charge on any atom is 0.225 e. The van der Waals surface area contributed by atoms with E-state index in [1.165, 1.54) is 49.8 Å². The van der Waals surface area contributed by atoms with Gasteiger partial charge in [0.25, 0.3) is 0 Å². The van der Waals surface area contributed by atoms with Crippen molar-refractivity contribution in [1.29, 1.82) is 0 Å². The lowest BCUT2D eigenvalue weighted by Gasteiger charge is -2.22. The van der Waals surface area contributed by atoms with Gasteiger partial charge in [0.05, 0.1) is 17.6 Å². The molecular weight excluding hydrogens is 401 g/mol. The molecule has 166 valence electrons. The second-order valence-corrected chi connectivity index (χ2v) is 8.65. The second-order valence-electron chi connectivity index (χ2n) is 8.65. The predicted molar refractivity (Wildman–Crippen MR) is 126 cm³/mol. The van der Waals surface area contributed by atoms with Gasteiger partial charge in [0.15, 0.2) is 5.82 Å². The highest BCUT2D eigenvalue weighted by atomic mass is 19.1. The van der Waals surface area contributed by atoms with Crippen LogP contribution in [-0.2, 0) is 17.6 Å². The summed E-state index contributed by atoms with van der Waals surface area (Å²) in [6.45, 7) is 0. The smallest absolute Gasteiger partial charge is 0.225 e. The van der Waals surface area contributed by atoms with Crippen LogP contribution >= 0.6 is 0 Å². The van der Waals surface area contributed by atoms with Crippen LogP contribution in [0, 0.1) is 11.7 Å². The Morgan fingerprint density at radius 3 is 2.50 bits per heavy atom. The highest BCUT2D eigenvalue weighted by Crippen LogP contribution is 2.29. The van der Waals surface area contributed by atoms with Gasteiger partial charge in [-0.05, 0) is 55.0 Å². The number of benzene rings is 2. The molecule has 1 N–H and O–H groups in total. The maximum absolute atomic E-state index is 13.3. The molecule has 4 rings (SSSR count). The van der Waals surface area contributed by atoms with Crippen molar-refractivity contribution < 1.29 is 9.18 Å². The van der Waals surface area contributed by atoms with E-state index in [-0.39, 0.29) is 11.7 Å². The van der Waals surface area contributed by atoms with Gasteiger partial charge >= 0.3 is 0 Å². The van der Waals surface area contributed by atoms with E-state index in [1.54, 1.807) is 18.3 Å². The summed E-state index contributed by atoms with van der Waals surface area (Å²) in [4.78, 5) is 22.0. The molecule has 1 saturated carbocycles. The standard InChI is InChI=1S/C27H30FN3O/c28-23-16-14-22(15-17-23)25-19-29-27(24(30-25)18-21-10-5-2-6-11-21)31-26(32)13-7-12-20-8-3-1-4-9-20/h1,3-4,8-9,14-17,19,21H,2,5-7,10-13,18H2,(H,29,31,32). The molecule has 1 aromatic heterocycles. The Hall–Kier alpha value is -3.08. The van der Waals surface area contributed by atoms with Crippen LogP contribution in [0.1, 0.15) is 56.2 Å². The number of carbonyl (C=O) groups excluding carboxylic acids is 1. The Bertz CT molecular complexity index is 1010. The van der Waals surface area contributed by atoms with Gasteiger partial charge in [0.2, 0.25) is 5.91 Å². The van der Waals surface area contributed by atoms with Crippen LogP contribution in [0.25, 0.3) is 11.3 Å². The number of rotatable bonds is 8. The van der Waals surface area contributed by atoms with Crippen LogP contribution in [0.2, 0.25) is 0 Å². The summed E-state index contributed by atoms with van der Waals surface area (Å²) in [7, 11) is 0. The van der Waals surface area contributed by atoms with E-state index >= 15 is 0 Å². The maximum atomic E-state index is 13.3. The fourth-order valence-electron chi connectivity index (χ4n) is 4.39. The van der Waals surface area contributed by atoms with Crippen LogP contribution in [-0.4, -0.2) is 15.9 Å². The fourth-order valence-corrected chi connectivity index (χ4v) is 4.39. The minimum Gasteiger partial charge on any atom is -0.309 e. The van der Waals surface area contributed by atoms with Crippen molar-refractivity contribution in [3.63, 3.8) is 0 Å². The lowest BCUT2D eigenvalue weighted by molar-refractivity contribution is -0.116. The Labute approximate surface area is 189 Å². The van der Waals surface area contributed by atoms with Crippen LogP contribution in [0.4, 0.5) is 10.2 Å². The van der Waals surface area contributed by atoms with E-state index in [1.807, 2.05) is 18.2 Å². The average molecular weight is 432 g/mol. The molecule has 4 nitrogen and oxygen atoms in total. The summed E-state index contributed by atoms with van der Waals surface area (Å²) in [6, 6.07) is 16.5. The van der Waals surface area contributed by atoms with E-state index in [0.717, 1.165) is 30.5 Å². The minimum atomic E-state index is -0.275. The molecule has 0 atom stereocenters. The molecule has 0 unspecified atom stereocenters. The quantitative estimate of drug-likeness (QED) is 0.451. The van der Waals surface area contributed by atoms with Crippen molar-refractivity contribution in [1.82, 2.24) is 9.97 Å². The molecule has 0 spiro atoms. The minimum absolute atomic E-state index is 0.0327. The molecule has 2 aromatic carbocycles. The monoisotopic (exact) mass is 431 g/mol. The zero-order chi connectivity index (χ0) is 22.2. The number of hydrogen-bond acceptors (Lipinski definition) is 3. The molecule has 3 aromatic rings. The molecule has 0 radical (unpaired) electrons. The van der Waals surface area contributed by atoms with Gasteiger partial charge in [-0.1, -0.05) is 62.4 Å².